The minimum Gasteiger partial charge on any atom is -0.371 e. The van der Waals surface area contributed by atoms with Crippen molar-refractivity contribution in [1.82, 2.24) is 15.3 Å². The van der Waals surface area contributed by atoms with Crippen LogP contribution in [0.2, 0.25) is 0 Å². The summed E-state index contributed by atoms with van der Waals surface area (Å²) < 4.78 is 5.63. The van der Waals surface area contributed by atoms with Crippen LogP contribution >= 0.6 is 0 Å². The van der Waals surface area contributed by atoms with Gasteiger partial charge in [0.05, 0.1) is 0 Å². The summed E-state index contributed by atoms with van der Waals surface area (Å²) in [7, 11) is 1.73. The molecule has 1 aromatic heterocycles. The maximum Gasteiger partial charge on any atom is 0.160 e. The third-order valence-corrected chi connectivity index (χ3v) is 4.71. The molecule has 1 N–H and O–H groups in total. The topological polar surface area (TPSA) is 47.0 Å². The normalized spacial score (nSPS) is 19.3. The summed E-state index contributed by atoms with van der Waals surface area (Å²) in [5, 5.41) is 3.60. The highest BCUT2D eigenvalue weighted by Gasteiger charge is 2.29. The predicted molar refractivity (Wildman–Crippen MR) is 85.6 cm³/mol. The summed E-state index contributed by atoms with van der Waals surface area (Å²) in [5.41, 5.74) is 3.05. The zero-order valence-corrected chi connectivity index (χ0v) is 14.3. The molecule has 2 rings (SSSR count). The molecule has 0 spiro atoms. The van der Waals surface area contributed by atoms with Crippen LogP contribution in [-0.4, -0.2) is 29.7 Å². The van der Waals surface area contributed by atoms with Crippen molar-refractivity contribution in [2.24, 2.45) is 0 Å². The second-order valence-electron chi connectivity index (χ2n) is 6.50. The van der Waals surface area contributed by atoms with E-state index < -0.39 is 5.60 Å². The van der Waals surface area contributed by atoms with E-state index in [1.807, 2.05) is 0 Å². The number of ether oxygens (including phenoxy) is 1. The van der Waals surface area contributed by atoms with Gasteiger partial charge in [-0.2, -0.15) is 0 Å². The van der Waals surface area contributed by atoms with Crippen LogP contribution < -0.4 is 5.32 Å². The van der Waals surface area contributed by atoms with E-state index in [9.17, 15) is 0 Å². The fourth-order valence-electron chi connectivity index (χ4n) is 2.80. The fraction of sp³-hybridized carbons (Fsp3) is 0.765. The molecule has 0 aromatic carbocycles. The van der Waals surface area contributed by atoms with Crippen LogP contribution in [0.4, 0.5) is 0 Å². The molecule has 118 valence electrons. The van der Waals surface area contributed by atoms with E-state index in [0.29, 0.717) is 5.92 Å². The van der Waals surface area contributed by atoms with Crippen molar-refractivity contribution in [2.45, 2.75) is 71.4 Å². The van der Waals surface area contributed by atoms with Crippen molar-refractivity contribution in [3.8, 4) is 0 Å². The van der Waals surface area contributed by atoms with Crippen LogP contribution in [0.25, 0.3) is 0 Å². The minimum absolute atomic E-state index is 0.399. The maximum absolute atomic E-state index is 5.63. The quantitative estimate of drug-likeness (QED) is 0.838. The highest BCUT2D eigenvalue weighted by Crippen LogP contribution is 2.29. The molecule has 0 amide bonds. The molecule has 0 radical (unpaired) electrons. The molecule has 0 bridgehead atoms. The molecule has 4 heteroatoms. The van der Waals surface area contributed by atoms with Crippen LogP contribution in [0.15, 0.2) is 0 Å². The van der Waals surface area contributed by atoms with Crippen molar-refractivity contribution >= 4 is 0 Å². The molecule has 1 saturated carbocycles. The first-order chi connectivity index (χ1) is 9.91. The Balaban J connectivity index is 2.23. The van der Waals surface area contributed by atoms with Gasteiger partial charge in [-0.3, -0.25) is 0 Å². The van der Waals surface area contributed by atoms with Crippen molar-refractivity contribution in [3.63, 3.8) is 0 Å². The SMILES string of the molecule is CCC(C)(OC)c1nc(C)c(C(C)CNC2CC2)c(C)n1. The number of nitrogens with one attached hydrogen (secondary N) is 1. The Bertz CT molecular complexity index is 470. The molecular formula is C17H29N3O. The lowest BCUT2D eigenvalue weighted by Crippen LogP contribution is -2.28. The lowest BCUT2D eigenvalue weighted by atomic mass is 9.96. The molecule has 2 atom stereocenters. The zero-order valence-electron chi connectivity index (χ0n) is 14.3. The van der Waals surface area contributed by atoms with E-state index in [4.69, 9.17) is 14.7 Å². The number of hydrogen-bond acceptors (Lipinski definition) is 4. The van der Waals surface area contributed by atoms with E-state index >= 15 is 0 Å². The Labute approximate surface area is 128 Å². The molecule has 2 unspecified atom stereocenters. The first-order valence-corrected chi connectivity index (χ1v) is 8.05. The standard InChI is InChI=1S/C17H29N3O/c1-7-17(5,21-6)16-19-12(3)15(13(4)20-16)11(2)10-18-14-8-9-14/h11,14,18H,7-10H2,1-6H3. The van der Waals surface area contributed by atoms with Crippen LogP contribution in [0.5, 0.6) is 0 Å². The van der Waals surface area contributed by atoms with E-state index in [-0.39, 0.29) is 0 Å². The molecule has 1 heterocycles. The van der Waals surface area contributed by atoms with Crippen LogP contribution in [0.1, 0.15) is 68.7 Å². The van der Waals surface area contributed by atoms with Gasteiger partial charge >= 0.3 is 0 Å². The molecule has 1 aromatic rings. The monoisotopic (exact) mass is 291 g/mol. The molecule has 21 heavy (non-hydrogen) atoms. The Morgan fingerprint density at radius 1 is 1.29 bits per heavy atom. The molecule has 4 nitrogen and oxygen atoms in total. The average molecular weight is 291 g/mol. The third kappa shape index (κ3) is 3.61. The summed E-state index contributed by atoms with van der Waals surface area (Å²) in [6.07, 6.45) is 3.51. The molecule has 0 aliphatic heterocycles. The van der Waals surface area contributed by atoms with Gasteiger partial charge in [0.2, 0.25) is 0 Å². The first kappa shape index (κ1) is 16.4. The highest BCUT2D eigenvalue weighted by molar-refractivity contribution is 5.29. The summed E-state index contributed by atoms with van der Waals surface area (Å²) in [5.74, 6) is 1.24. The van der Waals surface area contributed by atoms with Gasteiger partial charge in [-0.15, -0.1) is 0 Å². The molecule has 0 saturated heterocycles. The van der Waals surface area contributed by atoms with E-state index in [1.165, 1.54) is 18.4 Å². The fourth-order valence-corrected chi connectivity index (χ4v) is 2.80. The van der Waals surface area contributed by atoms with Crippen molar-refractivity contribution in [3.05, 3.63) is 22.8 Å². The lowest BCUT2D eigenvalue weighted by Gasteiger charge is -2.27. The van der Waals surface area contributed by atoms with Crippen molar-refractivity contribution < 1.29 is 4.74 Å². The van der Waals surface area contributed by atoms with Gasteiger partial charge in [-0.05, 0) is 51.5 Å². The average Bonchev–Trinajstić information content (AvgIpc) is 3.27. The summed E-state index contributed by atoms with van der Waals surface area (Å²) >= 11 is 0. The number of nitrogens with zero attached hydrogens (tertiary/aromatic N) is 2. The number of aromatic nitrogens is 2. The summed E-state index contributed by atoms with van der Waals surface area (Å²) in [4.78, 5) is 9.50. The van der Waals surface area contributed by atoms with Gasteiger partial charge in [0, 0.05) is 31.1 Å². The third-order valence-electron chi connectivity index (χ3n) is 4.71. The van der Waals surface area contributed by atoms with Crippen molar-refractivity contribution in [2.75, 3.05) is 13.7 Å². The maximum atomic E-state index is 5.63. The first-order valence-electron chi connectivity index (χ1n) is 8.05. The van der Waals surface area contributed by atoms with Crippen LogP contribution in [0, 0.1) is 13.8 Å². The number of rotatable bonds is 7. The molecule has 1 fully saturated rings. The Morgan fingerprint density at radius 2 is 1.86 bits per heavy atom. The van der Waals surface area contributed by atoms with Gasteiger partial charge in [0.25, 0.3) is 0 Å². The summed E-state index contributed by atoms with van der Waals surface area (Å²) in [6, 6.07) is 0.741. The van der Waals surface area contributed by atoms with Gasteiger partial charge < -0.3 is 10.1 Å². The van der Waals surface area contributed by atoms with E-state index in [1.54, 1.807) is 7.11 Å². The molecule has 1 aliphatic rings. The Morgan fingerprint density at radius 3 is 2.29 bits per heavy atom. The second kappa shape index (κ2) is 6.41. The Hall–Kier alpha value is -1.00. The number of hydrogen-bond donors (Lipinski definition) is 1. The van der Waals surface area contributed by atoms with Gasteiger partial charge in [-0.25, -0.2) is 9.97 Å². The smallest absolute Gasteiger partial charge is 0.160 e. The number of methoxy groups -OCH3 is 1. The minimum atomic E-state index is -0.399. The predicted octanol–water partition coefficient (Wildman–Crippen LogP) is 3.22. The van der Waals surface area contributed by atoms with E-state index in [2.05, 4.69) is 39.9 Å². The van der Waals surface area contributed by atoms with Gasteiger partial charge in [-0.1, -0.05) is 13.8 Å². The second-order valence-corrected chi connectivity index (χ2v) is 6.50. The zero-order chi connectivity index (χ0) is 15.6. The molecule has 1 aliphatic carbocycles. The van der Waals surface area contributed by atoms with Crippen LogP contribution in [-0.2, 0) is 10.3 Å². The van der Waals surface area contributed by atoms with Crippen LogP contribution in [0.3, 0.4) is 0 Å². The van der Waals surface area contributed by atoms with Gasteiger partial charge in [0.15, 0.2) is 5.82 Å². The van der Waals surface area contributed by atoms with E-state index in [0.717, 1.165) is 36.2 Å². The number of aryl methyl sites for hydroxylation is 2. The lowest BCUT2D eigenvalue weighted by molar-refractivity contribution is -0.00929. The van der Waals surface area contributed by atoms with Gasteiger partial charge in [0.1, 0.15) is 5.60 Å². The highest BCUT2D eigenvalue weighted by atomic mass is 16.5. The summed E-state index contributed by atoms with van der Waals surface area (Å²) in [6.45, 7) is 11.6. The van der Waals surface area contributed by atoms with Crippen molar-refractivity contribution in [1.29, 1.82) is 0 Å². The largest absolute Gasteiger partial charge is 0.371 e. The molecular weight excluding hydrogens is 262 g/mol. The Kier molecular flexibility index (Phi) is 4.99.